The van der Waals surface area contributed by atoms with Gasteiger partial charge in [-0.2, -0.15) is 0 Å². The van der Waals surface area contributed by atoms with Crippen molar-refractivity contribution in [3.63, 3.8) is 0 Å². The van der Waals surface area contributed by atoms with Crippen molar-refractivity contribution in [1.82, 2.24) is 14.4 Å². The second kappa shape index (κ2) is 8.14. The van der Waals surface area contributed by atoms with Crippen LogP contribution in [0.25, 0.3) is 5.65 Å². The number of carbonyl (C=O) groups is 1. The van der Waals surface area contributed by atoms with E-state index >= 15 is 0 Å². The first-order valence-electron chi connectivity index (χ1n) is 8.68. The third-order valence-electron chi connectivity index (χ3n) is 4.12. The first kappa shape index (κ1) is 18.1. The molecule has 0 atom stereocenters. The number of hydrogen-bond acceptors (Lipinski definition) is 5. The van der Waals surface area contributed by atoms with E-state index in [2.05, 4.69) is 15.3 Å². The Kier molecular flexibility index (Phi) is 5.25. The Morgan fingerprint density at radius 3 is 2.71 bits per heavy atom. The molecular formula is C21H18N4O2S. The van der Waals surface area contributed by atoms with Crippen molar-refractivity contribution >= 4 is 29.0 Å². The number of pyridine rings is 2. The number of amides is 1. The Morgan fingerprint density at radius 2 is 2.00 bits per heavy atom. The van der Waals surface area contributed by atoms with Gasteiger partial charge in [0.05, 0.1) is 24.7 Å². The van der Waals surface area contributed by atoms with Gasteiger partial charge in [0, 0.05) is 34.7 Å². The van der Waals surface area contributed by atoms with Crippen LogP contribution < -0.4 is 10.1 Å². The predicted molar refractivity (Wildman–Crippen MR) is 110 cm³/mol. The van der Waals surface area contributed by atoms with E-state index in [1.807, 2.05) is 59.3 Å². The highest BCUT2D eigenvalue weighted by Gasteiger charge is 2.08. The molecule has 1 amide bonds. The van der Waals surface area contributed by atoms with Gasteiger partial charge in [-0.3, -0.25) is 4.79 Å². The van der Waals surface area contributed by atoms with Crippen LogP contribution in [0.5, 0.6) is 5.88 Å². The van der Waals surface area contributed by atoms with Crippen LogP contribution in [0.3, 0.4) is 0 Å². The average Bonchev–Trinajstić information content (AvgIpc) is 3.16. The van der Waals surface area contributed by atoms with Crippen molar-refractivity contribution in [3.05, 3.63) is 84.4 Å². The fourth-order valence-electron chi connectivity index (χ4n) is 2.69. The Morgan fingerprint density at radius 1 is 1.14 bits per heavy atom. The molecule has 1 N–H and O–H groups in total. The van der Waals surface area contributed by atoms with Crippen LogP contribution in [0.15, 0.2) is 78.1 Å². The lowest BCUT2D eigenvalue weighted by molar-refractivity contribution is 0.102. The maximum absolute atomic E-state index is 12.4. The molecule has 0 bridgehead atoms. The van der Waals surface area contributed by atoms with Crippen molar-refractivity contribution in [2.45, 2.75) is 10.6 Å². The molecule has 3 aromatic heterocycles. The highest BCUT2D eigenvalue weighted by atomic mass is 32.2. The van der Waals surface area contributed by atoms with Crippen LogP contribution in [0.1, 0.15) is 16.1 Å². The third kappa shape index (κ3) is 4.15. The molecule has 1 aromatic carbocycles. The maximum atomic E-state index is 12.4. The molecule has 0 spiro atoms. The molecule has 0 aliphatic rings. The van der Waals surface area contributed by atoms with Gasteiger partial charge in [0.1, 0.15) is 5.65 Å². The van der Waals surface area contributed by atoms with Crippen molar-refractivity contribution in [2.24, 2.45) is 0 Å². The van der Waals surface area contributed by atoms with Gasteiger partial charge in [0.25, 0.3) is 5.91 Å². The number of nitrogens with zero attached hydrogens (tertiary/aromatic N) is 3. The summed E-state index contributed by atoms with van der Waals surface area (Å²) >= 11 is 1.69. The summed E-state index contributed by atoms with van der Waals surface area (Å²) in [5.41, 5.74) is 3.17. The number of nitrogens with one attached hydrogen (secondary N) is 1. The summed E-state index contributed by atoms with van der Waals surface area (Å²) in [5.74, 6) is 1.10. The van der Waals surface area contributed by atoms with E-state index in [0.717, 1.165) is 22.0 Å². The van der Waals surface area contributed by atoms with Gasteiger partial charge < -0.3 is 14.5 Å². The zero-order chi connectivity index (χ0) is 19.3. The number of methoxy groups -OCH3 is 1. The minimum atomic E-state index is -0.177. The topological polar surface area (TPSA) is 68.5 Å². The second-order valence-corrected chi connectivity index (χ2v) is 7.10. The Labute approximate surface area is 166 Å². The maximum Gasteiger partial charge on any atom is 0.255 e. The van der Waals surface area contributed by atoms with Crippen LogP contribution in [0.2, 0.25) is 0 Å². The van der Waals surface area contributed by atoms with Crippen molar-refractivity contribution in [1.29, 1.82) is 0 Å². The van der Waals surface area contributed by atoms with Gasteiger partial charge in [0.2, 0.25) is 5.88 Å². The number of anilines is 1. The number of carbonyl (C=O) groups excluding carboxylic acids is 1. The van der Waals surface area contributed by atoms with Crippen molar-refractivity contribution in [3.8, 4) is 5.88 Å². The van der Waals surface area contributed by atoms with E-state index in [0.29, 0.717) is 17.1 Å². The fraction of sp³-hybridized carbons (Fsp3) is 0.0952. The second-order valence-electron chi connectivity index (χ2n) is 6.05. The third-order valence-corrected chi connectivity index (χ3v) is 5.17. The number of fused-ring (bicyclic) bond motifs is 1. The average molecular weight is 390 g/mol. The van der Waals surface area contributed by atoms with E-state index in [1.165, 1.54) is 0 Å². The van der Waals surface area contributed by atoms with E-state index in [9.17, 15) is 4.79 Å². The van der Waals surface area contributed by atoms with Gasteiger partial charge in [-0.05, 0) is 42.5 Å². The standard InChI is InChI=1S/C21H18N4O2S/c1-27-20-10-7-16(12-22-20)24-21(26)15-5-8-18(9-6-15)28-14-17-13-25-11-3-2-4-19(25)23-17/h2-13H,14H2,1H3,(H,24,26). The lowest BCUT2D eigenvalue weighted by atomic mass is 10.2. The molecule has 0 unspecified atom stereocenters. The number of rotatable bonds is 6. The quantitative estimate of drug-likeness (QED) is 0.498. The zero-order valence-electron chi connectivity index (χ0n) is 15.2. The molecule has 6 nitrogen and oxygen atoms in total. The van der Waals surface area contributed by atoms with Crippen molar-refractivity contribution < 1.29 is 9.53 Å². The number of imidazole rings is 1. The van der Waals surface area contributed by atoms with Gasteiger partial charge in [-0.25, -0.2) is 9.97 Å². The molecule has 7 heteroatoms. The minimum absolute atomic E-state index is 0.177. The zero-order valence-corrected chi connectivity index (χ0v) is 16.0. The molecular weight excluding hydrogens is 372 g/mol. The first-order chi connectivity index (χ1) is 13.7. The van der Waals surface area contributed by atoms with Crippen LogP contribution in [-0.2, 0) is 5.75 Å². The first-order valence-corrected chi connectivity index (χ1v) is 9.67. The molecule has 0 aliphatic carbocycles. The molecule has 4 rings (SSSR count). The summed E-state index contributed by atoms with van der Waals surface area (Å²) in [4.78, 5) is 22.1. The molecule has 0 fully saturated rings. The molecule has 0 aliphatic heterocycles. The summed E-state index contributed by atoms with van der Waals surface area (Å²) in [7, 11) is 1.55. The molecule has 0 radical (unpaired) electrons. The van der Waals surface area contributed by atoms with Crippen LogP contribution in [-0.4, -0.2) is 27.4 Å². The Balaban J connectivity index is 1.36. The van der Waals surface area contributed by atoms with Crippen molar-refractivity contribution in [2.75, 3.05) is 12.4 Å². The smallest absolute Gasteiger partial charge is 0.255 e. The van der Waals surface area contributed by atoms with Gasteiger partial charge in [0.15, 0.2) is 0 Å². The van der Waals surface area contributed by atoms with Crippen LogP contribution in [0.4, 0.5) is 5.69 Å². The number of hydrogen-bond donors (Lipinski definition) is 1. The SMILES string of the molecule is COc1ccc(NC(=O)c2ccc(SCc3cn4ccccc4n3)cc2)cn1. The minimum Gasteiger partial charge on any atom is -0.481 e. The fourth-order valence-corrected chi connectivity index (χ4v) is 3.48. The summed E-state index contributed by atoms with van der Waals surface area (Å²) in [6.07, 6.45) is 5.59. The number of benzene rings is 1. The van der Waals surface area contributed by atoms with Gasteiger partial charge >= 0.3 is 0 Å². The van der Waals surface area contributed by atoms with Gasteiger partial charge in [-0.15, -0.1) is 11.8 Å². The van der Waals surface area contributed by atoms with Gasteiger partial charge in [-0.1, -0.05) is 6.07 Å². The van der Waals surface area contributed by atoms with E-state index < -0.39 is 0 Å². The molecule has 0 saturated heterocycles. The lowest BCUT2D eigenvalue weighted by Crippen LogP contribution is -2.11. The summed E-state index contributed by atoms with van der Waals surface area (Å²) < 4.78 is 7.02. The van der Waals surface area contributed by atoms with Crippen LogP contribution in [0, 0.1) is 0 Å². The van der Waals surface area contributed by atoms with E-state index in [4.69, 9.17) is 4.74 Å². The molecule has 3 heterocycles. The predicted octanol–water partition coefficient (Wildman–Crippen LogP) is 4.28. The Bertz CT molecular complexity index is 1060. The number of ether oxygens (including phenoxy) is 1. The van der Waals surface area contributed by atoms with E-state index in [-0.39, 0.29) is 5.91 Å². The monoisotopic (exact) mass is 390 g/mol. The summed E-state index contributed by atoms with van der Waals surface area (Å²) in [5, 5.41) is 2.83. The largest absolute Gasteiger partial charge is 0.481 e. The molecule has 28 heavy (non-hydrogen) atoms. The highest BCUT2D eigenvalue weighted by molar-refractivity contribution is 7.98. The Hall–Kier alpha value is -3.32. The molecule has 0 saturated carbocycles. The lowest BCUT2D eigenvalue weighted by Gasteiger charge is -2.06. The molecule has 140 valence electrons. The van der Waals surface area contributed by atoms with Crippen LogP contribution >= 0.6 is 11.8 Å². The highest BCUT2D eigenvalue weighted by Crippen LogP contribution is 2.23. The number of aromatic nitrogens is 3. The molecule has 4 aromatic rings. The summed E-state index contributed by atoms with van der Waals surface area (Å²) in [6.45, 7) is 0. The van der Waals surface area contributed by atoms with E-state index in [1.54, 1.807) is 37.2 Å². The normalized spacial score (nSPS) is 10.8. The number of thioether (sulfide) groups is 1. The summed E-state index contributed by atoms with van der Waals surface area (Å²) in [6, 6.07) is 16.9.